The van der Waals surface area contributed by atoms with E-state index in [1.54, 1.807) is 6.42 Å². The molecule has 1 aliphatic rings. The molecular formula is C14H14NO7. The molecule has 0 bridgehead atoms. The molecule has 1 aromatic rings. The Bertz CT molecular complexity index is 560. The van der Waals surface area contributed by atoms with Gasteiger partial charge in [0.25, 0.3) is 0 Å². The Balaban J connectivity index is 2.13. The fourth-order valence-corrected chi connectivity index (χ4v) is 1.84. The number of carbonyl (C=O) groups excluding carboxylic acids is 1. The summed E-state index contributed by atoms with van der Waals surface area (Å²) in [5.41, 5.74) is 0.0904. The molecule has 117 valence electrons. The van der Waals surface area contributed by atoms with Crippen LogP contribution in [-0.2, 0) is 20.9 Å². The van der Waals surface area contributed by atoms with Crippen LogP contribution in [0.25, 0.3) is 0 Å². The standard InChI is InChI=1S/C14H14NO7/c1-20-14(17)12-3-2-4-13(22-12)21-11-6-5-9(8-16)7-10(11)15(18)19/h2-7,12-13,16H,8H2,1H3/t12-,13+/m0/s1. The minimum Gasteiger partial charge on any atom is -0.467 e. The molecule has 1 aliphatic heterocycles. The van der Waals surface area contributed by atoms with Gasteiger partial charge in [-0.15, -0.1) is 0 Å². The largest absolute Gasteiger partial charge is 0.467 e. The lowest BCUT2D eigenvalue weighted by Crippen LogP contribution is -2.38. The number of carbonyl (C=O) groups is 1. The molecule has 1 aromatic carbocycles. The van der Waals surface area contributed by atoms with Gasteiger partial charge < -0.3 is 19.3 Å². The third kappa shape index (κ3) is 3.71. The number of benzene rings is 1. The second kappa shape index (κ2) is 7.19. The Labute approximate surface area is 126 Å². The maximum Gasteiger partial charge on any atom is 0.335 e. The molecule has 0 spiro atoms. The maximum absolute atomic E-state index is 11.4. The number of ether oxygens (including phenoxy) is 3. The number of hydrogen-bond acceptors (Lipinski definition) is 7. The van der Waals surface area contributed by atoms with Crippen molar-refractivity contribution in [3.8, 4) is 5.75 Å². The van der Waals surface area contributed by atoms with Gasteiger partial charge >= 0.3 is 11.7 Å². The summed E-state index contributed by atoms with van der Waals surface area (Å²) in [6.45, 7) is -0.319. The lowest BCUT2D eigenvalue weighted by Gasteiger charge is -2.27. The van der Waals surface area contributed by atoms with Crippen molar-refractivity contribution in [2.24, 2.45) is 0 Å². The molecule has 22 heavy (non-hydrogen) atoms. The summed E-state index contributed by atoms with van der Waals surface area (Å²) < 4.78 is 15.3. The summed E-state index contributed by atoms with van der Waals surface area (Å²) in [4.78, 5) is 21.9. The molecule has 0 amide bonds. The number of esters is 1. The van der Waals surface area contributed by atoms with Crippen molar-refractivity contribution in [3.63, 3.8) is 0 Å². The van der Waals surface area contributed by atoms with Gasteiger partial charge in [-0.25, -0.2) is 4.79 Å². The molecular weight excluding hydrogens is 294 g/mol. The lowest BCUT2D eigenvalue weighted by atomic mass is 10.1. The van der Waals surface area contributed by atoms with Gasteiger partial charge in [0.05, 0.1) is 18.6 Å². The normalized spacial score (nSPS) is 21.2. The molecule has 1 N–H and O–H groups in total. The average molecular weight is 308 g/mol. The fraction of sp³-hybridized carbons (Fsp3) is 0.286. The van der Waals surface area contributed by atoms with Crippen LogP contribution >= 0.6 is 0 Å². The summed E-state index contributed by atoms with van der Waals surface area (Å²) in [5.74, 6) is -0.620. The van der Waals surface area contributed by atoms with Gasteiger partial charge in [-0.05, 0) is 18.1 Å². The quantitative estimate of drug-likeness (QED) is 0.490. The van der Waals surface area contributed by atoms with E-state index in [4.69, 9.17) is 14.6 Å². The molecule has 1 saturated heterocycles. The molecule has 8 heteroatoms. The number of rotatable bonds is 5. The highest BCUT2D eigenvalue weighted by Crippen LogP contribution is 2.31. The molecule has 0 aromatic heterocycles. The van der Waals surface area contributed by atoms with Gasteiger partial charge in [0, 0.05) is 18.9 Å². The number of nitro groups is 1. The van der Waals surface area contributed by atoms with Gasteiger partial charge in [0.1, 0.15) is 0 Å². The van der Waals surface area contributed by atoms with Gasteiger partial charge in [0.2, 0.25) is 6.29 Å². The van der Waals surface area contributed by atoms with Gasteiger partial charge in [-0.3, -0.25) is 10.1 Å². The van der Waals surface area contributed by atoms with E-state index < -0.39 is 23.3 Å². The van der Waals surface area contributed by atoms with E-state index in [-0.39, 0.29) is 18.0 Å². The van der Waals surface area contributed by atoms with Gasteiger partial charge in [-0.1, -0.05) is 6.07 Å². The van der Waals surface area contributed by atoms with Gasteiger partial charge in [-0.2, -0.15) is 0 Å². The first-order valence-electron chi connectivity index (χ1n) is 6.35. The van der Waals surface area contributed by atoms with Crippen molar-refractivity contribution in [2.75, 3.05) is 7.11 Å². The van der Waals surface area contributed by atoms with Gasteiger partial charge in [0.15, 0.2) is 11.9 Å². The molecule has 2 rings (SSSR count). The van der Waals surface area contributed by atoms with Crippen LogP contribution in [0.1, 0.15) is 5.56 Å². The van der Waals surface area contributed by atoms with Crippen LogP contribution in [0.3, 0.4) is 0 Å². The van der Waals surface area contributed by atoms with Crippen LogP contribution in [0, 0.1) is 29.4 Å². The van der Waals surface area contributed by atoms with E-state index in [9.17, 15) is 14.9 Å². The van der Waals surface area contributed by atoms with Crippen LogP contribution in [0.4, 0.5) is 5.69 Å². The molecule has 1 heterocycles. The molecule has 0 unspecified atom stereocenters. The molecule has 0 aliphatic carbocycles. The highest BCUT2D eigenvalue weighted by Gasteiger charge is 2.31. The van der Waals surface area contributed by atoms with Crippen LogP contribution in [0.2, 0.25) is 0 Å². The van der Waals surface area contributed by atoms with Crippen molar-refractivity contribution in [1.82, 2.24) is 0 Å². The average Bonchev–Trinajstić information content (AvgIpc) is 2.54. The summed E-state index contributed by atoms with van der Waals surface area (Å²) in [6.07, 6.45) is 2.64. The lowest BCUT2D eigenvalue weighted by molar-refractivity contribution is -0.386. The molecule has 0 saturated carbocycles. The van der Waals surface area contributed by atoms with E-state index in [2.05, 4.69) is 4.74 Å². The van der Waals surface area contributed by atoms with Crippen LogP contribution in [0.15, 0.2) is 18.2 Å². The number of hydrogen-bond donors (Lipinski definition) is 1. The van der Waals surface area contributed by atoms with Crippen molar-refractivity contribution < 1.29 is 29.0 Å². The number of nitro benzene ring substituents is 1. The van der Waals surface area contributed by atoms with Crippen molar-refractivity contribution >= 4 is 11.7 Å². The predicted molar refractivity (Wildman–Crippen MR) is 73.2 cm³/mol. The first-order chi connectivity index (χ1) is 10.5. The molecule has 1 fully saturated rings. The predicted octanol–water partition coefficient (Wildman–Crippen LogP) is 0.977. The monoisotopic (exact) mass is 308 g/mol. The summed E-state index contributed by atoms with van der Waals surface area (Å²) >= 11 is 0. The fourth-order valence-electron chi connectivity index (χ4n) is 1.84. The Hall–Kier alpha value is -2.19. The van der Waals surface area contributed by atoms with Crippen LogP contribution in [-0.4, -0.2) is 35.5 Å². The smallest absolute Gasteiger partial charge is 0.335 e. The van der Waals surface area contributed by atoms with E-state index >= 15 is 0 Å². The van der Waals surface area contributed by atoms with E-state index in [1.165, 1.54) is 38.2 Å². The minimum absolute atomic E-state index is 0.0256. The van der Waals surface area contributed by atoms with Crippen molar-refractivity contribution in [3.05, 3.63) is 53.1 Å². The van der Waals surface area contributed by atoms with Crippen molar-refractivity contribution in [2.45, 2.75) is 19.0 Å². The zero-order chi connectivity index (χ0) is 16.1. The third-order valence-corrected chi connectivity index (χ3v) is 2.91. The van der Waals surface area contributed by atoms with Crippen LogP contribution < -0.4 is 4.74 Å². The van der Waals surface area contributed by atoms with Crippen LogP contribution in [0.5, 0.6) is 5.75 Å². The number of aliphatic hydroxyl groups excluding tert-OH is 1. The third-order valence-electron chi connectivity index (χ3n) is 2.91. The highest BCUT2D eigenvalue weighted by molar-refractivity contribution is 5.76. The SMILES string of the molecule is COC(=O)[C@@H]1[CH][CH][CH][C@H](Oc2ccc(CO)cc2[N+](=O)[O-])O1. The summed E-state index contributed by atoms with van der Waals surface area (Å²) in [7, 11) is 1.23. The Morgan fingerprint density at radius 1 is 1.45 bits per heavy atom. The Morgan fingerprint density at radius 3 is 2.86 bits per heavy atom. The number of methoxy groups -OCH3 is 1. The number of nitrogens with zero attached hydrogens (tertiary/aromatic N) is 1. The van der Waals surface area contributed by atoms with E-state index in [1.807, 2.05) is 0 Å². The number of aliphatic hydroxyl groups is 1. The second-order valence-electron chi connectivity index (χ2n) is 4.36. The molecule has 2 atom stereocenters. The maximum atomic E-state index is 11.4. The molecule has 8 nitrogen and oxygen atoms in total. The first kappa shape index (κ1) is 16.2. The Morgan fingerprint density at radius 2 is 2.23 bits per heavy atom. The topological polar surface area (TPSA) is 108 Å². The summed E-state index contributed by atoms with van der Waals surface area (Å²) in [6, 6.07) is 4.08. The zero-order valence-corrected chi connectivity index (χ0v) is 11.7. The highest BCUT2D eigenvalue weighted by atomic mass is 16.7. The minimum atomic E-state index is -0.965. The molecule has 3 radical (unpaired) electrons. The second-order valence-corrected chi connectivity index (χ2v) is 4.36. The Kier molecular flexibility index (Phi) is 5.29. The zero-order valence-electron chi connectivity index (χ0n) is 11.7. The van der Waals surface area contributed by atoms with E-state index in [0.717, 1.165) is 0 Å². The van der Waals surface area contributed by atoms with E-state index in [0.29, 0.717) is 5.56 Å². The van der Waals surface area contributed by atoms with Crippen molar-refractivity contribution in [1.29, 1.82) is 0 Å². The summed E-state index contributed by atoms with van der Waals surface area (Å²) in [5, 5.41) is 20.1. The first-order valence-corrected chi connectivity index (χ1v) is 6.35.